The van der Waals surface area contributed by atoms with Crippen LogP contribution in [0, 0.1) is 0 Å². The van der Waals surface area contributed by atoms with E-state index >= 15 is 0 Å². The first kappa shape index (κ1) is 20.9. The minimum absolute atomic E-state index is 0.0405. The van der Waals surface area contributed by atoms with Crippen molar-refractivity contribution in [2.45, 2.75) is 19.1 Å². The summed E-state index contributed by atoms with van der Waals surface area (Å²) in [6, 6.07) is 14.9. The van der Waals surface area contributed by atoms with Crippen molar-refractivity contribution in [3.8, 4) is 5.75 Å². The van der Waals surface area contributed by atoms with Gasteiger partial charge >= 0.3 is 18.0 Å². The van der Waals surface area contributed by atoms with Gasteiger partial charge in [0.05, 0.1) is 13.5 Å². The number of hydrogen-bond donors (Lipinski definition) is 2. The summed E-state index contributed by atoms with van der Waals surface area (Å²) < 4.78 is 14.8. The molecule has 148 valence electrons. The van der Waals surface area contributed by atoms with Crippen LogP contribution < -0.4 is 15.8 Å². The van der Waals surface area contributed by atoms with Gasteiger partial charge in [0.15, 0.2) is 0 Å². The van der Waals surface area contributed by atoms with E-state index in [1.54, 1.807) is 24.3 Å². The van der Waals surface area contributed by atoms with E-state index < -0.39 is 24.1 Å². The molecule has 0 bridgehead atoms. The fourth-order valence-electron chi connectivity index (χ4n) is 2.25. The molecule has 8 heteroatoms. The zero-order valence-corrected chi connectivity index (χ0v) is 15.4. The molecule has 0 saturated heterocycles. The number of rotatable bonds is 8. The van der Waals surface area contributed by atoms with Crippen molar-refractivity contribution in [3.63, 3.8) is 0 Å². The number of benzene rings is 2. The van der Waals surface area contributed by atoms with E-state index in [-0.39, 0.29) is 25.3 Å². The van der Waals surface area contributed by atoms with E-state index in [0.717, 1.165) is 5.56 Å². The van der Waals surface area contributed by atoms with Gasteiger partial charge in [-0.25, -0.2) is 4.79 Å². The van der Waals surface area contributed by atoms with Crippen LogP contribution in [0.4, 0.5) is 4.79 Å². The summed E-state index contributed by atoms with van der Waals surface area (Å²) in [5.41, 5.74) is 7.05. The molecule has 1 amide bonds. The molecule has 1 atom stereocenters. The van der Waals surface area contributed by atoms with E-state index in [1.165, 1.54) is 7.11 Å². The Morgan fingerprint density at radius 3 is 2.46 bits per heavy atom. The number of nitrogens with two attached hydrogens (primary N) is 1. The molecule has 8 nitrogen and oxygen atoms in total. The van der Waals surface area contributed by atoms with Crippen LogP contribution >= 0.6 is 0 Å². The summed E-state index contributed by atoms with van der Waals surface area (Å²) in [6.45, 7) is 0.0652. The van der Waals surface area contributed by atoms with Crippen LogP contribution in [0.15, 0.2) is 54.6 Å². The van der Waals surface area contributed by atoms with Crippen LogP contribution in [0.2, 0.25) is 0 Å². The van der Waals surface area contributed by atoms with E-state index in [4.69, 9.17) is 15.2 Å². The minimum Gasteiger partial charge on any atom is -0.468 e. The average Bonchev–Trinajstić information content (AvgIpc) is 2.71. The van der Waals surface area contributed by atoms with Crippen molar-refractivity contribution in [3.05, 3.63) is 65.7 Å². The average molecular weight is 386 g/mol. The summed E-state index contributed by atoms with van der Waals surface area (Å²) in [6.07, 6.45) is -0.734. The van der Waals surface area contributed by atoms with Gasteiger partial charge < -0.3 is 25.3 Å². The van der Waals surface area contributed by atoms with Crippen LogP contribution in [0.5, 0.6) is 5.75 Å². The molecule has 28 heavy (non-hydrogen) atoms. The third kappa shape index (κ3) is 7.08. The molecule has 2 aromatic rings. The van der Waals surface area contributed by atoms with Gasteiger partial charge in [-0.1, -0.05) is 42.5 Å². The van der Waals surface area contributed by atoms with Gasteiger partial charge in [0, 0.05) is 6.54 Å². The third-order valence-corrected chi connectivity index (χ3v) is 3.67. The molecule has 2 rings (SSSR count). The monoisotopic (exact) mass is 386 g/mol. The molecule has 0 heterocycles. The molecule has 0 aliphatic heterocycles. The third-order valence-electron chi connectivity index (χ3n) is 3.67. The molecule has 3 N–H and O–H groups in total. The maximum absolute atomic E-state index is 12.0. The highest BCUT2D eigenvalue weighted by molar-refractivity contribution is 5.77. The maximum Gasteiger partial charge on any atom is 0.412 e. The Labute approximate surface area is 162 Å². The van der Waals surface area contributed by atoms with Gasteiger partial charge in [-0.3, -0.25) is 9.59 Å². The van der Waals surface area contributed by atoms with Crippen LogP contribution in [-0.4, -0.2) is 37.7 Å². The van der Waals surface area contributed by atoms with Crippen molar-refractivity contribution in [2.75, 3.05) is 13.7 Å². The van der Waals surface area contributed by atoms with Crippen LogP contribution in [-0.2, 0) is 32.1 Å². The largest absolute Gasteiger partial charge is 0.468 e. The zero-order valence-electron chi connectivity index (χ0n) is 15.4. The summed E-state index contributed by atoms with van der Waals surface area (Å²) in [7, 11) is 1.21. The first-order valence-electron chi connectivity index (χ1n) is 8.55. The number of esters is 2. The predicted octanol–water partition coefficient (Wildman–Crippen LogP) is 1.56. The number of nitrogens with one attached hydrogen (secondary N) is 1. The number of hydrogen-bond acceptors (Lipinski definition) is 7. The number of amides is 1. The van der Waals surface area contributed by atoms with Gasteiger partial charge in [-0.15, -0.1) is 0 Å². The Kier molecular flexibility index (Phi) is 7.98. The number of carbonyl (C=O) groups is 3. The molecule has 0 unspecified atom stereocenters. The topological polar surface area (TPSA) is 117 Å². The number of carbonyl (C=O) groups excluding carboxylic acids is 3. The fraction of sp³-hybridized carbons (Fsp3) is 0.250. The lowest BCUT2D eigenvalue weighted by Gasteiger charge is -2.11. The van der Waals surface area contributed by atoms with Gasteiger partial charge in [-0.05, 0) is 23.3 Å². The predicted molar refractivity (Wildman–Crippen MR) is 100 cm³/mol. The number of methoxy groups -OCH3 is 1. The molecule has 0 aromatic heterocycles. The fourth-order valence-corrected chi connectivity index (χ4v) is 2.25. The molecular formula is C20H22N2O6. The quantitative estimate of drug-likeness (QED) is 0.661. The molecule has 0 aliphatic rings. The Balaban J connectivity index is 1.81. The van der Waals surface area contributed by atoms with E-state index in [0.29, 0.717) is 5.56 Å². The second-order valence-electron chi connectivity index (χ2n) is 5.87. The summed E-state index contributed by atoms with van der Waals surface area (Å²) in [4.78, 5) is 35.0. The van der Waals surface area contributed by atoms with E-state index in [2.05, 4.69) is 10.1 Å². The second-order valence-corrected chi connectivity index (χ2v) is 5.87. The summed E-state index contributed by atoms with van der Waals surface area (Å²) >= 11 is 0. The van der Waals surface area contributed by atoms with Crippen molar-refractivity contribution >= 4 is 18.0 Å². The zero-order chi connectivity index (χ0) is 20.4. The smallest absolute Gasteiger partial charge is 0.412 e. The SMILES string of the molecule is COC(=O)[C@@H](N)CNC(=O)Oc1cccc(CC(=O)OCc2ccccc2)c1. The summed E-state index contributed by atoms with van der Waals surface area (Å²) in [5, 5.41) is 2.37. The summed E-state index contributed by atoms with van der Waals surface area (Å²) in [5.74, 6) is -0.789. The molecule has 0 aliphatic carbocycles. The lowest BCUT2D eigenvalue weighted by atomic mass is 10.1. The van der Waals surface area contributed by atoms with E-state index in [9.17, 15) is 14.4 Å². The molecule has 0 spiro atoms. The van der Waals surface area contributed by atoms with Crippen LogP contribution in [0.25, 0.3) is 0 Å². The van der Waals surface area contributed by atoms with Gasteiger partial charge in [0.2, 0.25) is 0 Å². The molecule has 0 radical (unpaired) electrons. The Morgan fingerprint density at radius 2 is 1.75 bits per heavy atom. The lowest BCUT2D eigenvalue weighted by Crippen LogP contribution is -2.43. The van der Waals surface area contributed by atoms with Crippen molar-refractivity contribution in [2.24, 2.45) is 5.73 Å². The minimum atomic E-state index is -0.983. The molecule has 0 saturated carbocycles. The van der Waals surface area contributed by atoms with Crippen LogP contribution in [0.3, 0.4) is 0 Å². The highest BCUT2D eigenvalue weighted by atomic mass is 16.6. The van der Waals surface area contributed by atoms with Gasteiger partial charge in [-0.2, -0.15) is 0 Å². The highest BCUT2D eigenvalue weighted by Crippen LogP contribution is 2.14. The molecular weight excluding hydrogens is 364 g/mol. The normalized spacial score (nSPS) is 11.2. The number of ether oxygens (including phenoxy) is 3. The lowest BCUT2D eigenvalue weighted by molar-refractivity contribution is -0.144. The van der Waals surface area contributed by atoms with Crippen LogP contribution in [0.1, 0.15) is 11.1 Å². The molecule has 2 aromatic carbocycles. The van der Waals surface area contributed by atoms with Gasteiger partial charge in [0.1, 0.15) is 18.4 Å². The Morgan fingerprint density at radius 1 is 1.04 bits per heavy atom. The Hall–Kier alpha value is -3.39. The van der Waals surface area contributed by atoms with E-state index in [1.807, 2.05) is 30.3 Å². The van der Waals surface area contributed by atoms with Crippen molar-refractivity contribution in [1.29, 1.82) is 0 Å². The first-order valence-corrected chi connectivity index (χ1v) is 8.55. The standard InChI is InChI=1S/C20H22N2O6/c1-26-19(24)17(21)12-22-20(25)28-16-9-5-8-15(10-16)11-18(23)27-13-14-6-3-2-4-7-14/h2-10,17H,11-13,21H2,1H3,(H,22,25)/t17-/m0/s1. The molecule has 0 fully saturated rings. The van der Waals surface area contributed by atoms with Crippen molar-refractivity contribution in [1.82, 2.24) is 5.32 Å². The first-order chi connectivity index (χ1) is 13.5. The maximum atomic E-state index is 12.0. The van der Waals surface area contributed by atoms with Crippen molar-refractivity contribution < 1.29 is 28.6 Å². The second kappa shape index (κ2) is 10.7. The highest BCUT2D eigenvalue weighted by Gasteiger charge is 2.15. The van der Waals surface area contributed by atoms with Gasteiger partial charge in [0.25, 0.3) is 0 Å². The Bertz CT molecular complexity index is 809.